The van der Waals surface area contributed by atoms with Crippen LogP contribution >= 0.6 is 0 Å². The molecule has 3 nitrogen and oxygen atoms in total. The van der Waals surface area contributed by atoms with Crippen molar-refractivity contribution in [3.63, 3.8) is 0 Å². The summed E-state index contributed by atoms with van der Waals surface area (Å²) in [5.74, 6) is 1.57. The Morgan fingerprint density at radius 3 is 2.84 bits per heavy atom. The highest BCUT2D eigenvalue weighted by Gasteiger charge is 2.22. The topological polar surface area (TPSA) is 36.4 Å². The van der Waals surface area contributed by atoms with Gasteiger partial charge in [-0.15, -0.1) is 0 Å². The largest absolute Gasteiger partial charge is 0.392 e. The third-order valence-electron chi connectivity index (χ3n) is 3.61. The normalized spacial score (nSPS) is 18.2. The molecule has 1 atom stereocenters. The molecule has 19 heavy (non-hydrogen) atoms. The fourth-order valence-electron chi connectivity index (χ4n) is 2.68. The van der Waals surface area contributed by atoms with Gasteiger partial charge in [0.15, 0.2) is 0 Å². The Morgan fingerprint density at radius 1 is 1.26 bits per heavy atom. The van der Waals surface area contributed by atoms with Crippen LogP contribution in [0.2, 0.25) is 0 Å². The van der Waals surface area contributed by atoms with Crippen molar-refractivity contribution in [2.75, 3.05) is 11.4 Å². The lowest BCUT2D eigenvalue weighted by molar-refractivity contribution is 0.281. The van der Waals surface area contributed by atoms with Crippen molar-refractivity contribution in [2.24, 2.45) is 5.92 Å². The highest BCUT2D eigenvalue weighted by molar-refractivity contribution is 5.65. The number of aliphatic hydroxyl groups is 1. The molecule has 98 valence electrons. The highest BCUT2D eigenvalue weighted by Crippen LogP contribution is 2.34. The number of rotatable bonds is 2. The first-order valence-corrected chi connectivity index (χ1v) is 6.69. The lowest BCUT2D eigenvalue weighted by Gasteiger charge is -2.34. The van der Waals surface area contributed by atoms with E-state index in [1.807, 2.05) is 12.1 Å². The van der Waals surface area contributed by atoms with E-state index in [9.17, 15) is 0 Å². The molecule has 1 aromatic heterocycles. The highest BCUT2D eigenvalue weighted by atomic mass is 16.3. The molecule has 0 amide bonds. The number of fused-ring (bicyclic) bond motifs is 1. The monoisotopic (exact) mass is 254 g/mol. The smallest absolute Gasteiger partial charge is 0.132 e. The maximum Gasteiger partial charge on any atom is 0.132 e. The van der Waals surface area contributed by atoms with E-state index in [0.717, 1.165) is 24.3 Å². The minimum atomic E-state index is 0.0419. The number of aliphatic hydroxyl groups excluding tert-OH is 1. The summed E-state index contributed by atoms with van der Waals surface area (Å²) in [6.07, 6.45) is 2.87. The molecule has 0 saturated heterocycles. The van der Waals surface area contributed by atoms with Crippen LogP contribution < -0.4 is 4.90 Å². The van der Waals surface area contributed by atoms with Gasteiger partial charge in [0.1, 0.15) is 5.82 Å². The number of pyridine rings is 1. The van der Waals surface area contributed by atoms with Crippen LogP contribution in [0.4, 0.5) is 11.5 Å². The van der Waals surface area contributed by atoms with Gasteiger partial charge in [-0.05, 0) is 35.6 Å². The Hall–Kier alpha value is -1.87. The molecule has 0 saturated carbocycles. The summed E-state index contributed by atoms with van der Waals surface area (Å²) in [4.78, 5) is 6.74. The third kappa shape index (κ3) is 2.34. The van der Waals surface area contributed by atoms with E-state index in [0.29, 0.717) is 5.92 Å². The van der Waals surface area contributed by atoms with Gasteiger partial charge < -0.3 is 10.0 Å². The van der Waals surface area contributed by atoms with Gasteiger partial charge in [0.05, 0.1) is 6.61 Å². The molecule has 1 unspecified atom stereocenters. The average Bonchev–Trinajstić information content (AvgIpc) is 2.46. The Labute approximate surface area is 113 Å². The van der Waals surface area contributed by atoms with E-state index >= 15 is 0 Å². The van der Waals surface area contributed by atoms with Gasteiger partial charge >= 0.3 is 0 Å². The number of benzene rings is 1. The van der Waals surface area contributed by atoms with E-state index in [1.165, 1.54) is 11.3 Å². The molecule has 1 aliphatic heterocycles. The molecule has 3 heteroatoms. The van der Waals surface area contributed by atoms with E-state index in [4.69, 9.17) is 5.11 Å². The van der Waals surface area contributed by atoms with E-state index in [1.54, 1.807) is 6.20 Å². The van der Waals surface area contributed by atoms with E-state index in [-0.39, 0.29) is 6.61 Å². The molecule has 3 rings (SSSR count). The first-order valence-electron chi connectivity index (χ1n) is 6.69. The second-order valence-electron chi connectivity index (χ2n) is 5.23. The summed E-state index contributed by atoms with van der Waals surface area (Å²) in [6.45, 7) is 3.30. The fraction of sp³-hybridized carbons (Fsp3) is 0.312. The average molecular weight is 254 g/mol. The van der Waals surface area contributed by atoms with E-state index in [2.05, 4.69) is 41.1 Å². The summed E-state index contributed by atoms with van der Waals surface area (Å²) < 4.78 is 0. The van der Waals surface area contributed by atoms with Gasteiger partial charge in [0.2, 0.25) is 0 Å². The molecular formula is C16H18N2O. The summed E-state index contributed by atoms with van der Waals surface area (Å²) in [6, 6.07) is 12.4. The van der Waals surface area contributed by atoms with Gasteiger partial charge in [0.25, 0.3) is 0 Å². The molecule has 0 spiro atoms. The fourth-order valence-corrected chi connectivity index (χ4v) is 2.68. The van der Waals surface area contributed by atoms with Crippen LogP contribution in [0.25, 0.3) is 0 Å². The van der Waals surface area contributed by atoms with E-state index < -0.39 is 0 Å². The number of hydrogen-bond acceptors (Lipinski definition) is 3. The van der Waals surface area contributed by atoms with Crippen molar-refractivity contribution in [2.45, 2.75) is 20.0 Å². The molecule has 0 fully saturated rings. The van der Waals surface area contributed by atoms with Crippen LogP contribution in [0.3, 0.4) is 0 Å². The second kappa shape index (κ2) is 5.02. The molecule has 0 bridgehead atoms. The quantitative estimate of drug-likeness (QED) is 0.895. The summed E-state index contributed by atoms with van der Waals surface area (Å²) in [5, 5.41) is 9.09. The number of anilines is 2. The van der Waals surface area contributed by atoms with Gasteiger partial charge in [-0.1, -0.05) is 31.2 Å². The molecular weight excluding hydrogens is 236 g/mol. The molecule has 1 N–H and O–H groups in total. The number of aromatic nitrogens is 1. The standard InChI is InChI=1S/C16H18N2O/c1-12-8-14-4-2-3-5-15(14)18(10-12)16-7-6-13(11-19)9-17-16/h2-7,9,12,19H,8,10-11H2,1H3. The molecule has 1 aromatic carbocycles. The number of hydrogen-bond donors (Lipinski definition) is 1. The second-order valence-corrected chi connectivity index (χ2v) is 5.23. The van der Waals surface area contributed by atoms with Crippen LogP contribution in [-0.4, -0.2) is 16.6 Å². The molecule has 0 aliphatic carbocycles. The van der Waals surface area contributed by atoms with Crippen molar-refractivity contribution < 1.29 is 5.11 Å². The predicted octanol–water partition coefficient (Wildman–Crippen LogP) is 2.90. The van der Waals surface area contributed by atoms with Crippen molar-refractivity contribution in [1.29, 1.82) is 0 Å². The number of nitrogens with zero attached hydrogens (tertiary/aromatic N) is 2. The van der Waals surface area contributed by atoms with Gasteiger partial charge in [-0.3, -0.25) is 0 Å². The maximum absolute atomic E-state index is 9.09. The van der Waals surface area contributed by atoms with Gasteiger partial charge in [-0.2, -0.15) is 0 Å². The predicted molar refractivity (Wildman–Crippen MR) is 76.5 cm³/mol. The van der Waals surface area contributed by atoms with Crippen LogP contribution in [-0.2, 0) is 13.0 Å². The lowest BCUT2D eigenvalue weighted by Crippen LogP contribution is -2.30. The maximum atomic E-state index is 9.09. The first kappa shape index (κ1) is 12.2. The minimum absolute atomic E-state index is 0.0419. The van der Waals surface area contributed by atoms with Crippen LogP contribution in [0.5, 0.6) is 0 Å². The Balaban J connectivity index is 1.99. The summed E-state index contributed by atoms with van der Waals surface area (Å²) >= 11 is 0. The van der Waals surface area contributed by atoms with Crippen LogP contribution in [0.15, 0.2) is 42.6 Å². The summed E-state index contributed by atoms with van der Waals surface area (Å²) in [7, 11) is 0. The minimum Gasteiger partial charge on any atom is -0.392 e. The zero-order chi connectivity index (χ0) is 13.2. The Kier molecular flexibility index (Phi) is 3.22. The van der Waals surface area contributed by atoms with Crippen molar-refractivity contribution in [1.82, 2.24) is 4.98 Å². The van der Waals surface area contributed by atoms with Crippen LogP contribution in [0.1, 0.15) is 18.1 Å². The lowest BCUT2D eigenvalue weighted by atomic mass is 9.94. The zero-order valence-corrected chi connectivity index (χ0v) is 11.1. The Morgan fingerprint density at radius 2 is 2.11 bits per heavy atom. The third-order valence-corrected chi connectivity index (χ3v) is 3.61. The first-order chi connectivity index (χ1) is 9.28. The molecule has 0 radical (unpaired) electrons. The molecule has 2 aromatic rings. The number of para-hydroxylation sites is 1. The van der Waals surface area contributed by atoms with Crippen molar-refractivity contribution in [3.8, 4) is 0 Å². The SMILES string of the molecule is CC1Cc2ccccc2N(c2ccc(CO)cn2)C1. The molecule has 1 aliphatic rings. The van der Waals surface area contributed by atoms with Crippen LogP contribution in [0, 0.1) is 5.92 Å². The molecule has 2 heterocycles. The zero-order valence-electron chi connectivity index (χ0n) is 11.1. The van der Waals surface area contributed by atoms with Gasteiger partial charge in [-0.25, -0.2) is 4.98 Å². The van der Waals surface area contributed by atoms with Crippen molar-refractivity contribution in [3.05, 3.63) is 53.7 Å². The van der Waals surface area contributed by atoms with Crippen molar-refractivity contribution >= 4 is 11.5 Å². The van der Waals surface area contributed by atoms with Gasteiger partial charge in [0, 0.05) is 18.4 Å². The Bertz CT molecular complexity index is 565. The summed E-state index contributed by atoms with van der Waals surface area (Å²) in [5.41, 5.74) is 3.49.